The van der Waals surface area contributed by atoms with Gasteiger partial charge in [0.05, 0.1) is 20.1 Å². The van der Waals surface area contributed by atoms with Crippen LogP contribution in [0.2, 0.25) is 0 Å². The normalized spacial score (nSPS) is 16.4. The molecule has 0 bridgehead atoms. The third-order valence-electron chi connectivity index (χ3n) is 8.69. The zero-order valence-corrected chi connectivity index (χ0v) is 28.0. The average Bonchev–Trinajstić information content (AvgIpc) is 3.37. The molecule has 0 aliphatic carbocycles. The highest BCUT2D eigenvalue weighted by Crippen LogP contribution is 2.42. The molecule has 1 atom stereocenters. The summed E-state index contributed by atoms with van der Waals surface area (Å²) in [6.07, 6.45) is 23.5. The van der Waals surface area contributed by atoms with Crippen molar-refractivity contribution in [2.24, 2.45) is 0 Å². The van der Waals surface area contributed by atoms with Crippen molar-refractivity contribution in [3.63, 3.8) is 0 Å². The highest BCUT2D eigenvalue weighted by molar-refractivity contribution is 7.46. The van der Waals surface area contributed by atoms with Gasteiger partial charge in [0.1, 0.15) is 12.2 Å². The highest BCUT2D eigenvalue weighted by atomic mass is 31.2. The molecule has 1 heterocycles. The first-order valence-electron chi connectivity index (χ1n) is 16.9. The van der Waals surface area contributed by atoms with E-state index in [0.717, 1.165) is 25.7 Å². The Morgan fingerprint density at radius 1 is 0.762 bits per heavy atom. The van der Waals surface area contributed by atoms with E-state index >= 15 is 0 Å². The lowest BCUT2D eigenvalue weighted by Crippen LogP contribution is -2.65. The van der Waals surface area contributed by atoms with Gasteiger partial charge in [0.25, 0.3) is 5.72 Å². The van der Waals surface area contributed by atoms with Crippen LogP contribution in [0.1, 0.15) is 149 Å². The molecular weight excluding hydrogens is 557 g/mol. The molecule has 248 valence electrons. The van der Waals surface area contributed by atoms with Crippen LogP contribution >= 0.6 is 7.82 Å². The van der Waals surface area contributed by atoms with Crippen LogP contribution in [0.25, 0.3) is 0 Å². The van der Waals surface area contributed by atoms with Gasteiger partial charge in [0.15, 0.2) is 6.61 Å². The van der Waals surface area contributed by atoms with E-state index in [1.165, 1.54) is 96.8 Å². The van der Waals surface area contributed by atoms with Crippen molar-refractivity contribution in [1.29, 1.82) is 0 Å². The Balaban J connectivity index is 2.26. The number of carbonyl (C=O) groups excluding carboxylic acids is 2. The van der Waals surface area contributed by atoms with Gasteiger partial charge in [-0.15, -0.1) is 0 Å². The number of hydrogen-bond donors (Lipinski definition) is 2. The Bertz CT molecular complexity index is 768. The molecule has 42 heavy (non-hydrogen) atoms. The number of ether oxygens (including phenoxy) is 2. The second kappa shape index (κ2) is 22.6. The van der Waals surface area contributed by atoms with E-state index in [2.05, 4.69) is 6.92 Å². The monoisotopic (exact) mass is 620 g/mol. The maximum absolute atomic E-state index is 12.6. The number of carbonyl (C=O) groups is 2. The molecular formula is C32H63NO8P+. The first kappa shape index (κ1) is 39.2. The predicted octanol–water partition coefficient (Wildman–Crippen LogP) is 7.61. The lowest BCUT2D eigenvalue weighted by atomic mass is 10.0. The zero-order chi connectivity index (χ0) is 31.2. The molecule has 0 aromatic carbocycles. The van der Waals surface area contributed by atoms with Crippen LogP contribution in [0.5, 0.6) is 0 Å². The number of hydrogen-bond acceptors (Lipinski definition) is 6. The van der Waals surface area contributed by atoms with Gasteiger partial charge < -0.3 is 19.3 Å². The van der Waals surface area contributed by atoms with Crippen LogP contribution in [0.3, 0.4) is 0 Å². The van der Waals surface area contributed by atoms with Crippen LogP contribution in [0.4, 0.5) is 0 Å². The molecule has 0 amide bonds. The zero-order valence-electron chi connectivity index (χ0n) is 27.1. The lowest BCUT2D eigenvalue weighted by Gasteiger charge is -2.47. The number of esters is 1. The van der Waals surface area contributed by atoms with Crippen molar-refractivity contribution in [2.75, 3.05) is 40.0 Å². The molecule has 1 fully saturated rings. The number of likely N-dealkylation sites (N-methyl/N-ethyl adjacent to an activating group) is 1. The molecule has 2 N–H and O–H groups in total. The van der Waals surface area contributed by atoms with E-state index in [1.54, 1.807) is 0 Å². The topological polar surface area (TPSA) is 119 Å². The van der Waals surface area contributed by atoms with Crippen LogP contribution in [-0.4, -0.2) is 71.7 Å². The van der Waals surface area contributed by atoms with Gasteiger partial charge in [-0.1, -0.05) is 103 Å². The van der Waals surface area contributed by atoms with Gasteiger partial charge in [-0.3, -0.25) is 18.6 Å². The van der Waals surface area contributed by atoms with Crippen molar-refractivity contribution in [1.82, 2.24) is 0 Å². The molecule has 1 unspecified atom stereocenters. The van der Waals surface area contributed by atoms with Gasteiger partial charge in [0, 0.05) is 32.5 Å². The van der Waals surface area contributed by atoms with Gasteiger partial charge >= 0.3 is 13.8 Å². The maximum atomic E-state index is 12.6. The maximum Gasteiger partial charge on any atom is 0.469 e. The predicted molar refractivity (Wildman–Crippen MR) is 167 cm³/mol. The Hall–Kier alpha value is -0.830. The summed E-state index contributed by atoms with van der Waals surface area (Å²) >= 11 is 0. The van der Waals surface area contributed by atoms with Crippen molar-refractivity contribution >= 4 is 19.6 Å². The van der Waals surface area contributed by atoms with Crippen molar-refractivity contribution in [3.05, 3.63) is 0 Å². The second-order valence-corrected chi connectivity index (χ2v) is 13.9. The SMILES string of the molecule is CCCCCCCCCCCCCCCCCCOCCCC(COP(=O)(O)O)(OC(=O)CC(C)=O)[N+]1(C)CCCC1. The minimum atomic E-state index is -4.78. The van der Waals surface area contributed by atoms with E-state index in [0.29, 0.717) is 43.6 Å². The standard InChI is InChI=1S/C32H62NO8P/c1-4-5-6-7-8-9-10-11-12-13-14-15-16-17-18-21-26-39-27-22-23-32(29-40-42(36,37)38,33(3)24-19-20-25-33)41-31(35)28-30(2)34/h4-29H2,1-3H3,(H-,36,37,38)/p+1. The molecule has 1 rings (SSSR count). The molecule has 0 radical (unpaired) electrons. The van der Waals surface area contributed by atoms with Gasteiger partial charge in [-0.2, -0.15) is 0 Å². The Labute approximate surface area is 256 Å². The van der Waals surface area contributed by atoms with Gasteiger partial charge in [-0.25, -0.2) is 4.57 Å². The number of nitrogens with zero attached hydrogens (tertiary/aromatic N) is 1. The van der Waals surface area contributed by atoms with Crippen molar-refractivity contribution < 1.29 is 42.4 Å². The van der Waals surface area contributed by atoms with Crippen LogP contribution in [-0.2, 0) is 28.2 Å². The van der Waals surface area contributed by atoms with E-state index < -0.39 is 26.1 Å². The van der Waals surface area contributed by atoms with E-state index in [9.17, 15) is 23.9 Å². The highest BCUT2D eigenvalue weighted by Gasteiger charge is 2.54. The minimum absolute atomic E-state index is 0.301. The quantitative estimate of drug-likeness (QED) is 0.0302. The van der Waals surface area contributed by atoms with Crippen molar-refractivity contribution in [2.45, 2.75) is 154 Å². The number of quaternary nitrogens is 1. The van der Waals surface area contributed by atoms with Gasteiger partial charge in [-0.05, 0) is 19.8 Å². The second-order valence-electron chi connectivity index (χ2n) is 12.6. The first-order chi connectivity index (χ1) is 20.0. The molecule has 10 heteroatoms. The lowest BCUT2D eigenvalue weighted by molar-refractivity contribution is -0.972. The number of phosphoric acid groups is 1. The fraction of sp³-hybridized carbons (Fsp3) is 0.938. The molecule has 0 aromatic rings. The summed E-state index contributed by atoms with van der Waals surface area (Å²) in [5.74, 6) is -1.02. The van der Waals surface area contributed by atoms with E-state index in [1.807, 2.05) is 7.05 Å². The summed E-state index contributed by atoms with van der Waals surface area (Å²) in [4.78, 5) is 42.9. The third-order valence-corrected chi connectivity index (χ3v) is 9.16. The fourth-order valence-electron chi connectivity index (χ4n) is 6.07. The van der Waals surface area contributed by atoms with Crippen molar-refractivity contribution in [3.8, 4) is 0 Å². The van der Waals surface area contributed by atoms with Crippen LogP contribution in [0.15, 0.2) is 0 Å². The van der Waals surface area contributed by atoms with E-state index in [4.69, 9.17) is 14.0 Å². The first-order valence-corrected chi connectivity index (χ1v) is 18.4. The summed E-state index contributed by atoms with van der Waals surface area (Å²) in [6.45, 7) is 5.66. The average molecular weight is 621 g/mol. The molecule has 1 saturated heterocycles. The fourth-order valence-corrected chi connectivity index (χ4v) is 6.44. The molecule has 1 aliphatic heterocycles. The summed E-state index contributed by atoms with van der Waals surface area (Å²) in [5.41, 5.74) is -1.29. The third kappa shape index (κ3) is 18.1. The molecule has 9 nitrogen and oxygen atoms in total. The summed E-state index contributed by atoms with van der Waals surface area (Å²) in [5, 5.41) is 0. The molecule has 0 aromatic heterocycles. The number of phosphoric ester groups is 1. The Kier molecular flexibility index (Phi) is 21.1. The minimum Gasteiger partial charge on any atom is -0.407 e. The molecule has 1 aliphatic rings. The molecule has 0 saturated carbocycles. The number of Topliss-reactive ketones (excluding diaryl/α,β-unsaturated/α-hetero) is 1. The molecule has 0 spiro atoms. The van der Waals surface area contributed by atoms with Gasteiger partial charge in [0.2, 0.25) is 0 Å². The summed E-state index contributed by atoms with van der Waals surface area (Å²) < 4.78 is 28.5. The Morgan fingerprint density at radius 3 is 1.67 bits per heavy atom. The number of unbranched alkanes of at least 4 members (excludes halogenated alkanes) is 15. The Morgan fingerprint density at radius 2 is 1.21 bits per heavy atom. The van der Waals surface area contributed by atoms with E-state index in [-0.39, 0.29) is 12.2 Å². The smallest absolute Gasteiger partial charge is 0.407 e. The van der Waals surface area contributed by atoms with Crippen LogP contribution in [0, 0.1) is 0 Å². The summed E-state index contributed by atoms with van der Waals surface area (Å²) in [6, 6.07) is 0. The number of rotatable bonds is 28. The van der Waals surface area contributed by atoms with Crippen LogP contribution < -0.4 is 0 Å². The largest absolute Gasteiger partial charge is 0.469 e. The number of likely N-dealkylation sites (tertiary alicyclic amines) is 1. The number of ketones is 1. The summed E-state index contributed by atoms with van der Waals surface area (Å²) in [7, 11) is -2.86.